The molecule has 78 heavy (non-hydrogen) atoms. The maximum Gasteiger partial charge on any atom is 0.437 e. The van der Waals surface area contributed by atoms with Crippen molar-refractivity contribution in [3.8, 4) is 5.75 Å². The summed E-state index contributed by atoms with van der Waals surface area (Å²) in [4.78, 5) is 89.0. The van der Waals surface area contributed by atoms with Gasteiger partial charge in [-0.3, -0.25) is 14.4 Å². The molecule has 18 nitrogen and oxygen atoms in total. The average Bonchev–Trinajstić information content (AvgIpc) is 3.85. The molecule has 6 aromatic rings. The van der Waals surface area contributed by atoms with Crippen molar-refractivity contribution in [2.45, 2.75) is 95.9 Å². The van der Waals surface area contributed by atoms with Gasteiger partial charge >= 0.3 is 18.3 Å². The predicted octanol–water partition coefficient (Wildman–Crippen LogP) is 8.98. The van der Waals surface area contributed by atoms with E-state index in [2.05, 4.69) is 31.6 Å². The normalized spacial score (nSPS) is 13.9. The predicted molar refractivity (Wildman–Crippen MR) is 296 cm³/mol. The van der Waals surface area contributed by atoms with E-state index in [9.17, 15) is 28.8 Å². The summed E-state index contributed by atoms with van der Waals surface area (Å²) in [5.41, 5.74) is 10.8. The van der Waals surface area contributed by atoms with Crippen LogP contribution in [0.1, 0.15) is 73.8 Å². The maximum absolute atomic E-state index is 14.9. The topological polar surface area (TPSA) is 241 Å². The van der Waals surface area contributed by atoms with Crippen LogP contribution in [-0.4, -0.2) is 83.7 Å². The second kappa shape index (κ2) is 28.1. The van der Waals surface area contributed by atoms with Gasteiger partial charge in [-0.2, -0.15) is 0 Å². The number of hydrogen-bond acceptors (Lipinski definition) is 11. The van der Waals surface area contributed by atoms with Crippen molar-refractivity contribution in [3.05, 3.63) is 198 Å². The Morgan fingerprint density at radius 1 is 0.628 bits per heavy atom. The molecule has 0 radical (unpaired) electrons. The lowest BCUT2D eigenvalue weighted by molar-refractivity contribution is -0.132. The fourth-order valence-corrected chi connectivity index (χ4v) is 8.46. The highest BCUT2D eigenvalue weighted by Gasteiger charge is 2.34. The number of rotatable bonds is 22. The van der Waals surface area contributed by atoms with Crippen LogP contribution in [0, 0.1) is 0 Å². The van der Waals surface area contributed by atoms with Gasteiger partial charge in [0, 0.05) is 36.8 Å². The third-order valence-electron chi connectivity index (χ3n) is 12.4. The summed E-state index contributed by atoms with van der Waals surface area (Å²) in [5, 5.41) is 14.8. The van der Waals surface area contributed by atoms with Crippen molar-refractivity contribution >= 4 is 53.3 Å². The number of fused-ring (bicyclic) bond motifs is 1. The zero-order valence-corrected chi connectivity index (χ0v) is 43.9. The SMILES string of the molecule is CC(C)(C)OC(=O)N[C@@H](Cc1ccc(OCc2ccccc2)cc1)C(=O)N[C@@H](CCCN(C(=O)OCc1ccccc1)/C(N)=N/C(=O)OCc1ccccc1)C(=O)N[C@@H](CC1CNc2ccccc21)C(=O)Nc1ccccc1. The van der Waals surface area contributed by atoms with Gasteiger partial charge in [0.05, 0.1) is 0 Å². The minimum absolute atomic E-state index is 0.0387. The van der Waals surface area contributed by atoms with Crippen LogP contribution in [0.15, 0.2) is 175 Å². The first-order valence-electron chi connectivity index (χ1n) is 25.7. The molecule has 6 amide bonds. The molecule has 6 aromatic carbocycles. The molecule has 1 aliphatic heterocycles. The van der Waals surface area contributed by atoms with E-state index >= 15 is 0 Å². The Labute approximate surface area is 454 Å². The summed E-state index contributed by atoms with van der Waals surface area (Å²) in [6, 6.07) is 47.2. The molecule has 18 heteroatoms. The minimum Gasteiger partial charge on any atom is -0.489 e. The van der Waals surface area contributed by atoms with E-state index in [-0.39, 0.29) is 51.4 Å². The van der Waals surface area contributed by atoms with Crippen LogP contribution in [0.2, 0.25) is 0 Å². The van der Waals surface area contributed by atoms with Crippen LogP contribution in [0.4, 0.5) is 25.8 Å². The molecule has 7 rings (SSSR count). The smallest absolute Gasteiger partial charge is 0.437 e. The van der Waals surface area contributed by atoms with Crippen molar-refractivity contribution in [2.24, 2.45) is 10.7 Å². The van der Waals surface area contributed by atoms with Crippen molar-refractivity contribution in [1.29, 1.82) is 0 Å². The van der Waals surface area contributed by atoms with Gasteiger partial charge in [-0.1, -0.05) is 140 Å². The molecule has 0 aliphatic carbocycles. The Bertz CT molecular complexity index is 2960. The summed E-state index contributed by atoms with van der Waals surface area (Å²) in [5.74, 6) is -2.15. The molecule has 7 N–H and O–H groups in total. The Kier molecular flexibility index (Phi) is 20.4. The standard InChI is InChI=1S/C60H66N8O10/c1-60(2,3)78-58(73)66-51(35-41-30-32-47(33-31-41)75-38-42-19-8-4-9-20-42)55(71)64-50(53(69)65-52(54(70)63-46-25-14-7-15-26-46)36-45-37-62-49-28-17-16-27-48(45)49)29-18-34-68(59(74)77-40-44-23-12-6-13-24-44)56(61)67-57(72)76-39-43-21-10-5-11-22-43/h4-17,19-28,30-33,45,50-52,62H,18,29,34-40H2,1-3H3,(H,63,70)(H,64,71)(H,65,69)(H,66,73)(H2,61,67,72)/t45?,50-,51-,52-/m0/s1. The molecule has 0 saturated heterocycles. The van der Waals surface area contributed by atoms with Gasteiger partial charge in [0.1, 0.15) is 49.3 Å². The summed E-state index contributed by atoms with van der Waals surface area (Å²) in [6.07, 6.45) is -2.98. The number of nitrogens with two attached hydrogens (primary N) is 1. The summed E-state index contributed by atoms with van der Waals surface area (Å²) in [6.45, 7) is 5.37. The first-order valence-corrected chi connectivity index (χ1v) is 25.7. The minimum atomic E-state index is -1.40. The Hall–Kier alpha value is -9.19. The monoisotopic (exact) mass is 1060 g/mol. The first-order chi connectivity index (χ1) is 37.7. The zero-order valence-electron chi connectivity index (χ0n) is 43.9. The molecule has 0 saturated carbocycles. The van der Waals surface area contributed by atoms with Gasteiger partial charge in [-0.15, -0.1) is 4.99 Å². The summed E-state index contributed by atoms with van der Waals surface area (Å²) >= 11 is 0. The molecule has 0 fully saturated rings. The lowest BCUT2D eigenvalue weighted by Crippen LogP contribution is -2.57. The number of para-hydroxylation sites is 2. The molecule has 1 heterocycles. The quantitative estimate of drug-likeness (QED) is 0.0212. The van der Waals surface area contributed by atoms with Crippen molar-refractivity contribution < 1.29 is 47.7 Å². The van der Waals surface area contributed by atoms with Gasteiger partial charge in [-0.25, -0.2) is 19.3 Å². The first kappa shape index (κ1) is 56.5. The van der Waals surface area contributed by atoms with E-state index in [1.54, 1.807) is 118 Å². The highest BCUT2D eigenvalue weighted by molar-refractivity contribution is 5.99. The summed E-state index contributed by atoms with van der Waals surface area (Å²) in [7, 11) is 0. The van der Waals surface area contributed by atoms with Gasteiger partial charge in [0.15, 0.2) is 0 Å². The Balaban J connectivity index is 1.15. The molecule has 0 aromatic heterocycles. The number of alkyl carbamates (subject to hydrolysis) is 1. The Morgan fingerprint density at radius 2 is 1.18 bits per heavy atom. The van der Waals surface area contributed by atoms with Crippen LogP contribution in [0.5, 0.6) is 5.75 Å². The average molecular weight is 1060 g/mol. The molecule has 0 bridgehead atoms. The molecule has 4 atom stereocenters. The van der Waals surface area contributed by atoms with E-state index in [1.807, 2.05) is 72.8 Å². The lowest BCUT2D eigenvalue weighted by Gasteiger charge is -2.28. The third kappa shape index (κ3) is 18.0. The number of nitrogens with one attached hydrogen (secondary N) is 5. The lowest BCUT2D eigenvalue weighted by atomic mass is 9.93. The highest BCUT2D eigenvalue weighted by atomic mass is 16.6. The Morgan fingerprint density at radius 3 is 1.81 bits per heavy atom. The number of carbonyl (C=O) groups is 6. The molecule has 406 valence electrons. The van der Waals surface area contributed by atoms with Gasteiger partial charge < -0.3 is 51.3 Å². The fraction of sp³-hybridized carbons (Fsp3) is 0.283. The van der Waals surface area contributed by atoms with Crippen LogP contribution >= 0.6 is 0 Å². The van der Waals surface area contributed by atoms with Gasteiger partial charge in [0.2, 0.25) is 23.7 Å². The van der Waals surface area contributed by atoms with Crippen molar-refractivity contribution in [2.75, 3.05) is 23.7 Å². The maximum atomic E-state index is 14.9. The number of ether oxygens (including phenoxy) is 4. The molecule has 0 spiro atoms. The number of hydrogen-bond donors (Lipinski definition) is 6. The van der Waals surface area contributed by atoms with E-state index in [1.165, 1.54) is 0 Å². The second-order valence-electron chi connectivity index (χ2n) is 19.5. The van der Waals surface area contributed by atoms with E-state index in [0.29, 0.717) is 41.3 Å². The largest absolute Gasteiger partial charge is 0.489 e. The third-order valence-corrected chi connectivity index (χ3v) is 12.4. The highest BCUT2D eigenvalue weighted by Crippen LogP contribution is 2.34. The van der Waals surface area contributed by atoms with E-state index < -0.39 is 65.7 Å². The molecule has 1 unspecified atom stereocenters. The van der Waals surface area contributed by atoms with Crippen LogP contribution in [0.3, 0.4) is 0 Å². The van der Waals surface area contributed by atoms with Crippen LogP contribution in [0.25, 0.3) is 0 Å². The number of anilines is 2. The fourth-order valence-electron chi connectivity index (χ4n) is 8.46. The van der Waals surface area contributed by atoms with E-state index in [4.69, 9.17) is 24.7 Å². The number of amides is 6. The number of guanidine groups is 1. The van der Waals surface area contributed by atoms with Crippen LogP contribution in [-0.2, 0) is 54.8 Å². The van der Waals surface area contributed by atoms with Crippen LogP contribution < -0.4 is 37.1 Å². The number of nitrogens with zero attached hydrogens (tertiary/aromatic N) is 2. The number of benzene rings is 6. The second-order valence-corrected chi connectivity index (χ2v) is 19.5. The zero-order chi connectivity index (χ0) is 55.3. The van der Waals surface area contributed by atoms with Crippen molar-refractivity contribution in [1.82, 2.24) is 20.9 Å². The van der Waals surface area contributed by atoms with Gasteiger partial charge in [0.25, 0.3) is 0 Å². The molecule has 1 aliphatic rings. The summed E-state index contributed by atoms with van der Waals surface area (Å²) < 4.78 is 22.5. The molecular formula is C60H66N8O10. The number of aliphatic imine (C=N–C) groups is 1. The number of carbonyl (C=O) groups excluding carboxylic acids is 6. The van der Waals surface area contributed by atoms with Gasteiger partial charge in [-0.05, 0) is 98.2 Å². The van der Waals surface area contributed by atoms with E-state index in [0.717, 1.165) is 21.7 Å². The molecular weight excluding hydrogens is 993 g/mol. The van der Waals surface area contributed by atoms with Crippen molar-refractivity contribution in [3.63, 3.8) is 0 Å².